The molecule has 0 aliphatic carbocycles. The number of methoxy groups -OCH3 is 1. The highest BCUT2D eigenvalue weighted by Gasteiger charge is 2.33. The second-order valence-electron chi connectivity index (χ2n) is 9.37. The summed E-state index contributed by atoms with van der Waals surface area (Å²) >= 11 is 6.34. The van der Waals surface area contributed by atoms with Crippen LogP contribution in [0.25, 0.3) is 11.0 Å². The summed E-state index contributed by atoms with van der Waals surface area (Å²) in [5.41, 5.74) is 0.748. The fourth-order valence-electron chi connectivity index (χ4n) is 4.68. The van der Waals surface area contributed by atoms with Gasteiger partial charge in [-0.2, -0.15) is 3.97 Å². The normalized spacial score (nSPS) is 12.3. The number of hydrogen-bond acceptors (Lipinski definition) is 6. The van der Waals surface area contributed by atoms with E-state index in [1.165, 1.54) is 59.0 Å². The van der Waals surface area contributed by atoms with Crippen LogP contribution in [0.5, 0.6) is 5.75 Å². The number of ether oxygens (including phenoxy) is 1. The predicted octanol–water partition coefficient (Wildman–Crippen LogP) is 4.39. The first-order chi connectivity index (χ1) is 19.7. The maximum atomic E-state index is 14.2. The summed E-state index contributed by atoms with van der Waals surface area (Å²) in [5.74, 6) is 0.0732. The van der Waals surface area contributed by atoms with E-state index in [0.29, 0.717) is 24.3 Å². The number of hydrogen-bond donors (Lipinski definition) is 0. The standard InChI is InChI=1S/C30H27ClN4O5S/c1-33(19-17-23-10-6-7-18-32-23)29(36)28(21-8-4-3-5-9-21)34-27-20-22(31)11-16-26(27)35(30(34)37)41(38,39)25-14-12-24(40-2)13-15-25/h3-16,18,20,28H,17,19H2,1-2H3. The van der Waals surface area contributed by atoms with Crippen LogP contribution in [0.3, 0.4) is 0 Å². The molecule has 210 valence electrons. The van der Waals surface area contributed by atoms with E-state index in [1.807, 2.05) is 18.2 Å². The zero-order valence-corrected chi connectivity index (χ0v) is 23.9. The molecule has 0 radical (unpaired) electrons. The van der Waals surface area contributed by atoms with Gasteiger partial charge in [0.15, 0.2) is 0 Å². The van der Waals surface area contributed by atoms with Crippen LogP contribution in [0.1, 0.15) is 17.3 Å². The largest absolute Gasteiger partial charge is 0.497 e. The second kappa shape index (κ2) is 11.6. The molecule has 0 saturated carbocycles. The number of likely N-dealkylation sites (N-methyl/N-ethyl adjacent to an activating group) is 1. The summed E-state index contributed by atoms with van der Waals surface area (Å²) in [6, 6.07) is 23.4. The van der Waals surface area contributed by atoms with Crippen molar-refractivity contribution in [1.29, 1.82) is 0 Å². The van der Waals surface area contributed by atoms with Gasteiger partial charge in [0, 0.05) is 36.9 Å². The molecule has 11 heteroatoms. The third kappa shape index (κ3) is 5.48. The van der Waals surface area contributed by atoms with Crippen LogP contribution in [0.2, 0.25) is 5.02 Å². The zero-order chi connectivity index (χ0) is 29.1. The van der Waals surface area contributed by atoms with Crippen LogP contribution in [0.15, 0.2) is 107 Å². The molecule has 3 aromatic carbocycles. The maximum Gasteiger partial charge on any atom is 0.344 e. The Kier molecular flexibility index (Phi) is 7.96. The van der Waals surface area contributed by atoms with Gasteiger partial charge < -0.3 is 9.64 Å². The minimum Gasteiger partial charge on any atom is -0.497 e. The molecule has 0 spiro atoms. The smallest absolute Gasteiger partial charge is 0.344 e. The third-order valence-corrected chi connectivity index (χ3v) is 8.74. The van der Waals surface area contributed by atoms with Crippen LogP contribution >= 0.6 is 11.6 Å². The highest BCUT2D eigenvalue weighted by atomic mass is 35.5. The molecule has 2 heterocycles. The molecule has 1 atom stereocenters. The summed E-state index contributed by atoms with van der Waals surface area (Å²) in [5, 5.41) is 0.285. The van der Waals surface area contributed by atoms with Gasteiger partial charge >= 0.3 is 5.69 Å². The molecule has 0 fully saturated rings. The van der Waals surface area contributed by atoms with E-state index in [0.717, 1.165) is 9.67 Å². The molecule has 9 nitrogen and oxygen atoms in total. The molecular formula is C30H27ClN4O5S. The van der Waals surface area contributed by atoms with E-state index in [2.05, 4.69) is 4.98 Å². The number of carbonyl (C=O) groups is 1. The Morgan fingerprint density at radius 3 is 2.34 bits per heavy atom. The lowest BCUT2D eigenvalue weighted by molar-refractivity contribution is -0.132. The first-order valence-corrected chi connectivity index (χ1v) is 14.6. The van der Waals surface area contributed by atoms with E-state index >= 15 is 0 Å². The Hall–Kier alpha value is -4.41. The van der Waals surface area contributed by atoms with Gasteiger partial charge in [0.2, 0.25) is 5.91 Å². The highest BCUT2D eigenvalue weighted by molar-refractivity contribution is 7.90. The topological polar surface area (TPSA) is 104 Å². The molecule has 1 amide bonds. The molecule has 0 saturated heterocycles. The van der Waals surface area contributed by atoms with Crippen molar-refractivity contribution in [3.63, 3.8) is 0 Å². The molecule has 5 rings (SSSR count). The molecule has 0 aliphatic heterocycles. The van der Waals surface area contributed by atoms with E-state index in [-0.39, 0.29) is 21.0 Å². The maximum absolute atomic E-state index is 14.2. The fourth-order valence-corrected chi connectivity index (χ4v) is 6.25. The number of amides is 1. The van der Waals surface area contributed by atoms with Gasteiger partial charge in [0.25, 0.3) is 10.0 Å². The quantitative estimate of drug-likeness (QED) is 0.252. The Labute approximate surface area is 242 Å². The number of aromatic nitrogens is 3. The summed E-state index contributed by atoms with van der Waals surface area (Å²) in [7, 11) is -1.25. The van der Waals surface area contributed by atoms with Crippen molar-refractivity contribution in [3.8, 4) is 5.75 Å². The lowest BCUT2D eigenvalue weighted by Crippen LogP contribution is -2.41. The van der Waals surface area contributed by atoms with E-state index in [9.17, 15) is 18.0 Å². The lowest BCUT2D eigenvalue weighted by atomic mass is 10.0. The molecule has 0 aliphatic rings. The van der Waals surface area contributed by atoms with Gasteiger partial charge in [-0.15, -0.1) is 0 Å². The number of fused-ring (bicyclic) bond motifs is 1. The number of carbonyl (C=O) groups excluding carboxylic acids is 1. The number of benzene rings is 3. The lowest BCUT2D eigenvalue weighted by Gasteiger charge is -2.25. The van der Waals surface area contributed by atoms with Crippen molar-refractivity contribution in [2.45, 2.75) is 17.4 Å². The Balaban J connectivity index is 1.67. The fraction of sp³-hybridized carbons (Fsp3) is 0.167. The Morgan fingerprint density at radius 1 is 0.976 bits per heavy atom. The van der Waals surface area contributed by atoms with Crippen molar-refractivity contribution in [1.82, 2.24) is 18.4 Å². The Morgan fingerprint density at radius 2 is 1.68 bits per heavy atom. The summed E-state index contributed by atoms with van der Waals surface area (Å²) in [6.07, 6.45) is 2.18. The number of nitrogens with zero attached hydrogens (tertiary/aromatic N) is 4. The molecular weight excluding hydrogens is 564 g/mol. The summed E-state index contributed by atoms with van der Waals surface area (Å²) < 4.78 is 34.8. The number of imidazole rings is 1. The molecule has 1 unspecified atom stereocenters. The molecule has 0 N–H and O–H groups in total. The van der Waals surface area contributed by atoms with Crippen LogP contribution in [-0.2, 0) is 21.2 Å². The van der Waals surface area contributed by atoms with Crippen molar-refractivity contribution in [2.24, 2.45) is 0 Å². The van der Waals surface area contributed by atoms with Crippen LogP contribution in [0, 0.1) is 0 Å². The summed E-state index contributed by atoms with van der Waals surface area (Å²) in [6.45, 7) is 0.331. The molecule has 41 heavy (non-hydrogen) atoms. The minimum absolute atomic E-state index is 0.0973. The van der Waals surface area contributed by atoms with Crippen molar-refractivity contribution in [2.75, 3.05) is 20.7 Å². The predicted molar refractivity (Wildman–Crippen MR) is 157 cm³/mol. The van der Waals surface area contributed by atoms with Crippen LogP contribution < -0.4 is 10.4 Å². The van der Waals surface area contributed by atoms with Gasteiger partial charge in [0.1, 0.15) is 11.8 Å². The zero-order valence-electron chi connectivity index (χ0n) is 22.3. The SMILES string of the molecule is COc1ccc(S(=O)(=O)n2c(=O)n(C(C(=O)N(C)CCc3ccccn3)c3ccccc3)c3cc(Cl)ccc32)cc1. The second-order valence-corrected chi connectivity index (χ2v) is 11.6. The first-order valence-electron chi connectivity index (χ1n) is 12.7. The minimum atomic E-state index is -4.37. The van der Waals surface area contributed by atoms with Gasteiger partial charge in [-0.3, -0.25) is 14.3 Å². The van der Waals surface area contributed by atoms with Crippen molar-refractivity contribution in [3.05, 3.63) is 124 Å². The molecule has 0 bridgehead atoms. The molecule has 2 aromatic heterocycles. The summed E-state index contributed by atoms with van der Waals surface area (Å²) in [4.78, 5) is 34.0. The Bertz CT molecular complexity index is 1850. The highest BCUT2D eigenvalue weighted by Crippen LogP contribution is 2.29. The number of halogens is 1. The average Bonchev–Trinajstić information content (AvgIpc) is 3.28. The van der Waals surface area contributed by atoms with E-state index in [1.54, 1.807) is 43.6 Å². The van der Waals surface area contributed by atoms with Crippen LogP contribution in [-0.4, -0.2) is 53.5 Å². The van der Waals surface area contributed by atoms with Gasteiger partial charge in [-0.1, -0.05) is 48.0 Å². The molecule has 5 aromatic rings. The monoisotopic (exact) mass is 590 g/mol. The van der Waals surface area contributed by atoms with Gasteiger partial charge in [0.05, 0.1) is 23.0 Å². The van der Waals surface area contributed by atoms with E-state index in [4.69, 9.17) is 16.3 Å². The van der Waals surface area contributed by atoms with Crippen molar-refractivity contribution >= 4 is 38.6 Å². The number of pyridine rings is 1. The van der Waals surface area contributed by atoms with Gasteiger partial charge in [-0.25, -0.2) is 13.2 Å². The van der Waals surface area contributed by atoms with E-state index < -0.39 is 27.7 Å². The third-order valence-electron chi connectivity index (χ3n) is 6.81. The average molecular weight is 591 g/mol. The number of rotatable bonds is 9. The van der Waals surface area contributed by atoms with Crippen molar-refractivity contribution < 1.29 is 17.9 Å². The van der Waals surface area contributed by atoms with Crippen LogP contribution in [0.4, 0.5) is 0 Å². The van der Waals surface area contributed by atoms with Gasteiger partial charge in [-0.05, 0) is 60.2 Å². The first kappa shape index (κ1) is 28.1.